The Labute approximate surface area is 198 Å². The summed E-state index contributed by atoms with van der Waals surface area (Å²) in [5.74, 6) is -0.136. The lowest BCUT2D eigenvalue weighted by molar-refractivity contribution is -0.120. The third-order valence-electron chi connectivity index (χ3n) is 5.63. The molecule has 1 unspecified atom stereocenters. The van der Waals surface area contributed by atoms with Gasteiger partial charge in [0.2, 0.25) is 15.9 Å². The minimum Gasteiger partial charge on any atom is -0.345 e. The number of thiophene rings is 1. The Morgan fingerprint density at radius 2 is 1.66 bits per heavy atom. The third-order valence-corrected chi connectivity index (χ3v) is 8.49. The van der Waals surface area contributed by atoms with E-state index in [0.717, 1.165) is 36.0 Å². The molecule has 1 amide bonds. The van der Waals surface area contributed by atoms with Crippen LogP contribution in [0.25, 0.3) is 0 Å². The van der Waals surface area contributed by atoms with Gasteiger partial charge >= 0.3 is 0 Å². The SMILES string of the molecule is O=C(Cc1ccc(S(=O)(=O)N2CCCCC2)cc1)NC(c1ccc(Cl)cc1)c1ccsc1. The molecule has 2 heterocycles. The first-order chi connectivity index (χ1) is 15.4. The van der Waals surface area contributed by atoms with Gasteiger partial charge in [-0.3, -0.25) is 4.79 Å². The number of rotatable bonds is 7. The van der Waals surface area contributed by atoms with Gasteiger partial charge in [0.15, 0.2) is 0 Å². The van der Waals surface area contributed by atoms with E-state index in [-0.39, 0.29) is 23.3 Å². The fourth-order valence-corrected chi connectivity index (χ4v) is 6.21. The average Bonchev–Trinajstić information content (AvgIpc) is 3.34. The number of amides is 1. The summed E-state index contributed by atoms with van der Waals surface area (Å²) >= 11 is 7.59. The molecule has 8 heteroatoms. The normalized spacial score (nSPS) is 15.9. The summed E-state index contributed by atoms with van der Waals surface area (Å²) in [5.41, 5.74) is 2.72. The number of hydrogen-bond donors (Lipinski definition) is 1. The molecule has 1 atom stereocenters. The molecule has 0 spiro atoms. The zero-order chi connectivity index (χ0) is 22.6. The molecular formula is C24H25ClN2O3S2. The van der Waals surface area contributed by atoms with Gasteiger partial charge in [-0.1, -0.05) is 42.3 Å². The van der Waals surface area contributed by atoms with Crippen LogP contribution in [0.1, 0.15) is 42.0 Å². The summed E-state index contributed by atoms with van der Waals surface area (Å²) < 4.78 is 27.2. The van der Waals surface area contributed by atoms with E-state index in [1.54, 1.807) is 39.9 Å². The summed E-state index contributed by atoms with van der Waals surface area (Å²) in [5, 5.41) is 7.73. The van der Waals surface area contributed by atoms with Gasteiger partial charge in [-0.2, -0.15) is 15.6 Å². The van der Waals surface area contributed by atoms with Gasteiger partial charge in [-0.25, -0.2) is 8.42 Å². The topological polar surface area (TPSA) is 66.5 Å². The Morgan fingerprint density at radius 1 is 0.969 bits per heavy atom. The molecule has 168 valence electrons. The Morgan fingerprint density at radius 3 is 2.28 bits per heavy atom. The second-order valence-electron chi connectivity index (χ2n) is 7.89. The molecule has 1 N–H and O–H groups in total. The van der Waals surface area contributed by atoms with Crippen molar-refractivity contribution in [1.82, 2.24) is 9.62 Å². The Balaban J connectivity index is 1.45. The number of carbonyl (C=O) groups excluding carboxylic acids is 1. The average molecular weight is 489 g/mol. The number of halogens is 1. The number of hydrogen-bond acceptors (Lipinski definition) is 4. The van der Waals surface area contributed by atoms with E-state index < -0.39 is 10.0 Å². The molecular weight excluding hydrogens is 464 g/mol. The molecule has 1 aliphatic heterocycles. The number of nitrogens with zero attached hydrogens (tertiary/aromatic N) is 1. The largest absolute Gasteiger partial charge is 0.345 e. The van der Waals surface area contributed by atoms with Crippen molar-refractivity contribution in [2.45, 2.75) is 36.6 Å². The number of carbonyl (C=O) groups is 1. The summed E-state index contributed by atoms with van der Waals surface area (Å²) in [6.07, 6.45) is 3.04. The van der Waals surface area contributed by atoms with Crippen molar-refractivity contribution in [3.8, 4) is 0 Å². The molecule has 1 aromatic heterocycles. The van der Waals surface area contributed by atoms with Crippen LogP contribution in [0, 0.1) is 0 Å². The van der Waals surface area contributed by atoms with Gasteiger partial charge < -0.3 is 5.32 Å². The zero-order valence-electron chi connectivity index (χ0n) is 17.5. The highest BCUT2D eigenvalue weighted by Gasteiger charge is 2.26. The van der Waals surface area contributed by atoms with Crippen LogP contribution in [-0.2, 0) is 21.2 Å². The molecule has 1 aliphatic rings. The van der Waals surface area contributed by atoms with Crippen LogP contribution in [0.2, 0.25) is 5.02 Å². The maximum Gasteiger partial charge on any atom is 0.243 e. The van der Waals surface area contributed by atoms with E-state index in [1.807, 2.05) is 41.1 Å². The molecule has 5 nitrogen and oxygen atoms in total. The van der Waals surface area contributed by atoms with Crippen molar-refractivity contribution in [3.63, 3.8) is 0 Å². The third kappa shape index (κ3) is 5.41. The number of sulfonamides is 1. The van der Waals surface area contributed by atoms with Gasteiger partial charge in [0.25, 0.3) is 0 Å². The van der Waals surface area contributed by atoms with E-state index in [0.29, 0.717) is 18.1 Å². The lowest BCUT2D eigenvalue weighted by atomic mass is 10.0. The first-order valence-corrected chi connectivity index (χ1v) is 13.4. The van der Waals surface area contributed by atoms with Crippen LogP contribution in [0.15, 0.2) is 70.3 Å². The first-order valence-electron chi connectivity index (χ1n) is 10.6. The standard InChI is InChI=1S/C24H25ClN2O3S2/c25-21-8-6-19(7-9-21)24(20-12-15-31-17-20)26-23(28)16-18-4-10-22(11-5-18)32(29,30)27-13-2-1-3-14-27/h4-12,15,17,24H,1-3,13-14,16H2,(H,26,28). The van der Waals surface area contributed by atoms with Gasteiger partial charge in [-0.15, -0.1) is 0 Å². The Kier molecular flexibility index (Phi) is 7.30. The molecule has 1 saturated heterocycles. The zero-order valence-corrected chi connectivity index (χ0v) is 19.9. The van der Waals surface area contributed by atoms with Crippen LogP contribution in [0.4, 0.5) is 0 Å². The van der Waals surface area contributed by atoms with E-state index in [4.69, 9.17) is 11.6 Å². The molecule has 0 bridgehead atoms. The fourth-order valence-electron chi connectivity index (χ4n) is 3.88. The molecule has 0 aliphatic carbocycles. The van der Waals surface area contributed by atoms with Gasteiger partial charge in [0, 0.05) is 18.1 Å². The number of benzene rings is 2. The maximum absolute atomic E-state index is 12.8. The summed E-state index contributed by atoms with van der Waals surface area (Å²) in [4.78, 5) is 13.1. The monoisotopic (exact) mass is 488 g/mol. The molecule has 0 saturated carbocycles. The van der Waals surface area contributed by atoms with Crippen molar-refractivity contribution < 1.29 is 13.2 Å². The molecule has 2 aromatic carbocycles. The summed E-state index contributed by atoms with van der Waals surface area (Å²) in [6, 6.07) is 15.8. The van der Waals surface area contributed by atoms with Crippen molar-refractivity contribution in [2.24, 2.45) is 0 Å². The molecule has 0 radical (unpaired) electrons. The maximum atomic E-state index is 12.8. The fraction of sp³-hybridized carbons (Fsp3) is 0.292. The van der Waals surface area contributed by atoms with Crippen LogP contribution < -0.4 is 5.32 Å². The predicted octanol–water partition coefficient (Wildman–Crippen LogP) is 5.02. The number of piperidine rings is 1. The smallest absolute Gasteiger partial charge is 0.243 e. The molecule has 1 fully saturated rings. The predicted molar refractivity (Wildman–Crippen MR) is 129 cm³/mol. The molecule has 4 rings (SSSR count). The lowest BCUT2D eigenvalue weighted by Gasteiger charge is -2.25. The second-order valence-corrected chi connectivity index (χ2v) is 11.0. The van der Waals surface area contributed by atoms with Gasteiger partial charge in [-0.05, 0) is 70.6 Å². The van der Waals surface area contributed by atoms with Crippen molar-refractivity contribution >= 4 is 38.9 Å². The van der Waals surface area contributed by atoms with E-state index in [1.165, 1.54) is 0 Å². The quantitative estimate of drug-likeness (QED) is 0.507. The Hall–Kier alpha value is -2.19. The van der Waals surface area contributed by atoms with Crippen LogP contribution >= 0.6 is 22.9 Å². The second kappa shape index (κ2) is 10.2. The van der Waals surface area contributed by atoms with Crippen LogP contribution in [-0.4, -0.2) is 31.7 Å². The summed E-state index contributed by atoms with van der Waals surface area (Å²) in [7, 11) is -3.47. The Bertz CT molecular complexity index is 1140. The van der Waals surface area contributed by atoms with E-state index in [2.05, 4.69) is 5.32 Å². The van der Waals surface area contributed by atoms with Crippen molar-refractivity contribution in [2.75, 3.05) is 13.1 Å². The van der Waals surface area contributed by atoms with Crippen LogP contribution in [0.5, 0.6) is 0 Å². The molecule has 3 aromatic rings. The first kappa shape index (κ1) is 23.0. The molecule has 32 heavy (non-hydrogen) atoms. The van der Waals surface area contributed by atoms with Crippen LogP contribution in [0.3, 0.4) is 0 Å². The minimum atomic E-state index is -3.47. The highest BCUT2D eigenvalue weighted by atomic mass is 35.5. The van der Waals surface area contributed by atoms with Gasteiger partial charge in [0.05, 0.1) is 17.4 Å². The number of nitrogens with one attached hydrogen (secondary N) is 1. The van der Waals surface area contributed by atoms with E-state index in [9.17, 15) is 13.2 Å². The van der Waals surface area contributed by atoms with Gasteiger partial charge in [0.1, 0.15) is 0 Å². The summed E-state index contributed by atoms with van der Waals surface area (Å²) in [6.45, 7) is 1.14. The van der Waals surface area contributed by atoms with E-state index >= 15 is 0 Å². The lowest BCUT2D eigenvalue weighted by Crippen LogP contribution is -2.35. The van der Waals surface area contributed by atoms with Crippen molar-refractivity contribution in [1.29, 1.82) is 0 Å². The highest BCUT2D eigenvalue weighted by Crippen LogP contribution is 2.26. The van der Waals surface area contributed by atoms with Crippen molar-refractivity contribution in [3.05, 3.63) is 87.1 Å². The highest BCUT2D eigenvalue weighted by molar-refractivity contribution is 7.89. The minimum absolute atomic E-state index is 0.136.